The molecule has 0 saturated heterocycles. The molecule has 17 heavy (non-hydrogen) atoms. The molecule has 0 heterocycles. The van der Waals surface area contributed by atoms with Crippen LogP contribution in [0.3, 0.4) is 0 Å². The molecule has 0 atom stereocenters. The van der Waals surface area contributed by atoms with E-state index in [2.05, 4.69) is 38.2 Å². The van der Waals surface area contributed by atoms with Crippen molar-refractivity contribution in [2.75, 3.05) is 0 Å². The first-order chi connectivity index (χ1) is 8.06. The van der Waals surface area contributed by atoms with E-state index in [1.807, 2.05) is 0 Å². The number of rotatable bonds is 8. The van der Waals surface area contributed by atoms with Crippen molar-refractivity contribution in [3.63, 3.8) is 0 Å². The number of nitrogens with two attached hydrogens (primary N) is 1. The maximum Gasteiger partial charge on any atom is 0.0199 e. The molecule has 3 N–H and O–H groups in total. The number of nitrogens with one attached hydrogen (secondary N) is 1. The standard InChI is InChI=1S/C15H30N2/c1-15(2,3)13-11-9-7-5-4-6-8-10-12-14-17-16/h17H,4-11,13,16H2,1-3H3. The van der Waals surface area contributed by atoms with Crippen molar-refractivity contribution in [3.8, 4) is 12.0 Å². The van der Waals surface area contributed by atoms with Gasteiger partial charge >= 0.3 is 0 Å². The van der Waals surface area contributed by atoms with Gasteiger partial charge in [-0.15, -0.1) is 0 Å². The molecule has 2 nitrogen and oxygen atoms in total. The van der Waals surface area contributed by atoms with Crippen LogP contribution in [0.5, 0.6) is 0 Å². The zero-order valence-corrected chi connectivity index (χ0v) is 11.9. The second kappa shape index (κ2) is 10.5. The highest BCUT2D eigenvalue weighted by Gasteiger charge is 2.08. The lowest BCUT2D eigenvalue weighted by molar-refractivity contribution is 0.356. The molecule has 0 radical (unpaired) electrons. The highest BCUT2D eigenvalue weighted by atomic mass is 15.2. The Morgan fingerprint density at radius 2 is 1.41 bits per heavy atom. The molecule has 0 aliphatic rings. The predicted octanol–water partition coefficient (Wildman–Crippen LogP) is 3.97. The van der Waals surface area contributed by atoms with Crippen LogP contribution in [0.1, 0.15) is 78.6 Å². The van der Waals surface area contributed by atoms with E-state index in [9.17, 15) is 0 Å². The molecule has 100 valence electrons. The van der Waals surface area contributed by atoms with Crippen LogP contribution in [0.4, 0.5) is 0 Å². The highest BCUT2D eigenvalue weighted by Crippen LogP contribution is 2.22. The minimum absolute atomic E-state index is 0.510. The monoisotopic (exact) mass is 238 g/mol. The third-order valence-corrected chi connectivity index (χ3v) is 2.89. The van der Waals surface area contributed by atoms with E-state index < -0.39 is 0 Å². The first kappa shape index (κ1) is 16.3. The molecule has 0 saturated carbocycles. The van der Waals surface area contributed by atoms with Crippen molar-refractivity contribution < 1.29 is 0 Å². The lowest BCUT2D eigenvalue weighted by Gasteiger charge is -2.17. The maximum absolute atomic E-state index is 5.04. The van der Waals surface area contributed by atoms with Gasteiger partial charge in [-0.05, 0) is 18.3 Å². The normalized spacial score (nSPS) is 10.8. The van der Waals surface area contributed by atoms with Crippen LogP contribution < -0.4 is 11.3 Å². The lowest BCUT2D eigenvalue weighted by atomic mass is 9.89. The van der Waals surface area contributed by atoms with Gasteiger partial charge < -0.3 is 0 Å². The van der Waals surface area contributed by atoms with Crippen molar-refractivity contribution in [2.24, 2.45) is 11.3 Å². The smallest absolute Gasteiger partial charge is 0.0199 e. The molecule has 0 spiro atoms. The number of hydrogen-bond acceptors (Lipinski definition) is 2. The second-order valence-corrected chi connectivity index (χ2v) is 5.98. The minimum atomic E-state index is 0.510. The summed E-state index contributed by atoms with van der Waals surface area (Å²) in [5.74, 6) is 8.02. The van der Waals surface area contributed by atoms with Gasteiger partial charge in [-0.2, -0.15) is 0 Å². The Morgan fingerprint density at radius 1 is 0.882 bits per heavy atom. The predicted molar refractivity (Wildman–Crippen MR) is 76.1 cm³/mol. The van der Waals surface area contributed by atoms with Crippen molar-refractivity contribution >= 4 is 0 Å². The van der Waals surface area contributed by atoms with Gasteiger partial charge in [0.15, 0.2) is 0 Å². The molecule has 0 aromatic heterocycles. The van der Waals surface area contributed by atoms with Crippen LogP contribution in [0, 0.1) is 17.4 Å². The van der Waals surface area contributed by atoms with Gasteiger partial charge in [0, 0.05) is 12.5 Å². The Labute approximate surface area is 108 Å². The molecule has 0 aliphatic heterocycles. The average Bonchev–Trinajstić information content (AvgIpc) is 2.24. The summed E-state index contributed by atoms with van der Waals surface area (Å²) in [5, 5.41) is 0. The highest BCUT2D eigenvalue weighted by molar-refractivity contribution is 4.94. The summed E-state index contributed by atoms with van der Waals surface area (Å²) in [6.45, 7) is 6.97. The average molecular weight is 238 g/mol. The van der Waals surface area contributed by atoms with Crippen molar-refractivity contribution in [1.82, 2.24) is 5.43 Å². The molecule has 0 fully saturated rings. The molecule has 0 unspecified atom stereocenters. The Kier molecular flexibility index (Phi) is 10.1. The third kappa shape index (κ3) is 15.3. The number of unbranched alkanes of at least 4 members (excludes halogenated alkanes) is 7. The zero-order chi connectivity index (χ0) is 13.0. The maximum atomic E-state index is 5.04. The van der Waals surface area contributed by atoms with Crippen molar-refractivity contribution in [2.45, 2.75) is 78.6 Å². The second-order valence-electron chi connectivity index (χ2n) is 5.98. The van der Waals surface area contributed by atoms with Crippen molar-refractivity contribution in [1.29, 1.82) is 0 Å². The van der Waals surface area contributed by atoms with Crippen molar-refractivity contribution in [3.05, 3.63) is 0 Å². The molecule has 0 aromatic rings. The fourth-order valence-corrected chi connectivity index (χ4v) is 1.87. The van der Waals surface area contributed by atoms with Gasteiger partial charge in [0.1, 0.15) is 0 Å². The summed E-state index contributed by atoms with van der Waals surface area (Å²) in [6.07, 6.45) is 11.7. The molecule has 2 heteroatoms. The summed E-state index contributed by atoms with van der Waals surface area (Å²) in [4.78, 5) is 0. The first-order valence-corrected chi connectivity index (χ1v) is 7.00. The third-order valence-electron chi connectivity index (χ3n) is 2.89. The molecule has 0 amide bonds. The van der Waals surface area contributed by atoms with E-state index >= 15 is 0 Å². The van der Waals surface area contributed by atoms with Crippen LogP contribution in [0.15, 0.2) is 0 Å². The van der Waals surface area contributed by atoms with Gasteiger partial charge in [0.2, 0.25) is 0 Å². The van der Waals surface area contributed by atoms with Crippen LogP contribution in [0.25, 0.3) is 0 Å². The summed E-state index contributed by atoms with van der Waals surface area (Å²) in [6, 6.07) is 2.66. The Balaban J connectivity index is 3.09. The van der Waals surface area contributed by atoms with Gasteiger partial charge in [0.25, 0.3) is 0 Å². The van der Waals surface area contributed by atoms with Gasteiger partial charge in [-0.25, -0.2) is 5.84 Å². The molecule has 0 bridgehead atoms. The Bertz CT molecular complexity index is 217. The first-order valence-electron chi connectivity index (χ1n) is 7.00. The van der Waals surface area contributed by atoms with Crippen LogP contribution in [-0.2, 0) is 0 Å². The van der Waals surface area contributed by atoms with Gasteiger partial charge in [-0.1, -0.05) is 65.2 Å². The minimum Gasteiger partial charge on any atom is -0.283 e. The van der Waals surface area contributed by atoms with E-state index in [-0.39, 0.29) is 0 Å². The van der Waals surface area contributed by atoms with Gasteiger partial charge in [0.05, 0.1) is 0 Å². The van der Waals surface area contributed by atoms with Crippen LogP contribution in [0.2, 0.25) is 0 Å². The SMILES string of the molecule is CC(C)(C)CCCCCCCCCC#CNN. The number of hydrazine groups is 1. The van der Waals surface area contributed by atoms with E-state index in [1.165, 1.54) is 51.4 Å². The summed E-state index contributed by atoms with van der Waals surface area (Å²) < 4.78 is 0. The van der Waals surface area contributed by atoms with Crippen LogP contribution >= 0.6 is 0 Å². The molecular weight excluding hydrogens is 208 g/mol. The fraction of sp³-hybridized carbons (Fsp3) is 0.867. The summed E-state index contributed by atoms with van der Waals surface area (Å²) in [7, 11) is 0. The lowest BCUT2D eigenvalue weighted by Crippen LogP contribution is -2.13. The molecule has 0 aromatic carbocycles. The topological polar surface area (TPSA) is 38.0 Å². The summed E-state index contributed by atoms with van der Waals surface area (Å²) in [5.41, 5.74) is 2.85. The van der Waals surface area contributed by atoms with Gasteiger partial charge in [-0.3, -0.25) is 5.43 Å². The van der Waals surface area contributed by atoms with E-state index in [4.69, 9.17) is 5.84 Å². The molecule has 0 rings (SSSR count). The molecular formula is C15H30N2. The zero-order valence-electron chi connectivity index (χ0n) is 11.9. The van der Waals surface area contributed by atoms with E-state index in [0.29, 0.717) is 5.41 Å². The Hall–Kier alpha value is -0.680. The largest absolute Gasteiger partial charge is 0.283 e. The molecule has 0 aliphatic carbocycles. The summed E-state index contributed by atoms with van der Waals surface area (Å²) >= 11 is 0. The van der Waals surface area contributed by atoms with Crippen LogP contribution in [-0.4, -0.2) is 0 Å². The van der Waals surface area contributed by atoms with E-state index in [0.717, 1.165) is 6.42 Å². The fourth-order valence-electron chi connectivity index (χ4n) is 1.87. The quantitative estimate of drug-likeness (QED) is 0.221. The number of hydrogen-bond donors (Lipinski definition) is 2. The Morgan fingerprint density at radius 3 is 1.94 bits per heavy atom. The van der Waals surface area contributed by atoms with E-state index in [1.54, 1.807) is 0 Å².